The van der Waals surface area contributed by atoms with Gasteiger partial charge in [-0.2, -0.15) is 0 Å². The molecule has 27 heavy (non-hydrogen) atoms. The topological polar surface area (TPSA) is 56.8 Å². The normalized spacial score (nSPS) is 16.3. The minimum Gasteiger partial charge on any atom is -0.489 e. The number of hydrogen-bond acceptors (Lipinski definition) is 4. The van der Waals surface area contributed by atoms with Gasteiger partial charge in [-0.1, -0.05) is 38.1 Å². The Labute approximate surface area is 160 Å². The maximum absolute atomic E-state index is 12.3. The van der Waals surface area contributed by atoms with Crippen molar-refractivity contribution < 1.29 is 19.0 Å². The van der Waals surface area contributed by atoms with E-state index in [-0.39, 0.29) is 18.6 Å². The first kappa shape index (κ1) is 19.2. The zero-order valence-electron chi connectivity index (χ0n) is 15.9. The second-order valence-electron chi connectivity index (χ2n) is 7.00. The molecule has 0 spiro atoms. The SMILES string of the molecule is CC(C)c1ccc(OCC(=O)Nc2ccccc2OC[C@@H]2CCCO2)cc1. The van der Waals surface area contributed by atoms with Crippen LogP contribution in [0.25, 0.3) is 0 Å². The standard InChI is InChI=1S/C22H27NO4/c1-16(2)17-9-11-18(12-10-17)26-15-22(24)23-20-7-3-4-8-21(20)27-14-19-6-5-13-25-19/h3-4,7-12,16,19H,5-6,13-15H2,1-2H3,(H,23,24)/t19-/m0/s1. The number of para-hydroxylation sites is 2. The lowest BCUT2D eigenvalue weighted by atomic mass is 10.0. The molecule has 1 aliphatic heterocycles. The van der Waals surface area contributed by atoms with Crippen molar-refractivity contribution in [3.05, 3.63) is 54.1 Å². The second kappa shape index (κ2) is 9.42. The largest absolute Gasteiger partial charge is 0.489 e. The van der Waals surface area contributed by atoms with E-state index in [2.05, 4.69) is 19.2 Å². The van der Waals surface area contributed by atoms with Crippen molar-refractivity contribution in [2.45, 2.75) is 38.7 Å². The van der Waals surface area contributed by atoms with Gasteiger partial charge in [0.25, 0.3) is 5.91 Å². The Kier molecular flexibility index (Phi) is 6.71. The minimum atomic E-state index is -0.226. The van der Waals surface area contributed by atoms with Crippen LogP contribution in [0.2, 0.25) is 0 Å². The van der Waals surface area contributed by atoms with E-state index in [0.29, 0.717) is 29.7 Å². The highest BCUT2D eigenvalue weighted by molar-refractivity contribution is 5.93. The van der Waals surface area contributed by atoms with Gasteiger partial charge in [-0.25, -0.2) is 0 Å². The van der Waals surface area contributed by atoms with Crippen LogP contribution >= 0.6 is 0 Å². The van der Waals surface area contributed by atoms with Crippen LogP contribution in [0.4, 0.5) is 5.69 Å². The summed E-state index contributed by atoms with van der Waals surface area (Å²) < 4.78 is 17.0. The molecule has 144 valence electrons. The van der Waals surface area contributed by atoms with Gasteiger partial charge in [0.05, 0.1) is 11.8 Å². The lowest BCUT2D eigenvalue weighted by molar-refractivity contribution is -0.118. The Balaban J connectivity index is 1.51. The Morgan fingerprint density at radius 3 is 2.63 bits per heavy atom. The van der Waals surface area contributed by atoms with Crippen molar-refractivity contribution in [2.24, 2.45) is 0 Å². The first-order valence-corrected chi connectivity index (χ1v) is 9.48. The van der Waals surface area contributed by atoms with Crippen molar-refractivity contribution in [2.75, 3.05) is 25.1 Å². The Hall–Kier alpha value is -2.53. The fourth-order valence-electron chi connectivity index (χ4n) is 2.94. The summed E-state index contributed by atoms with van der Waals surface area (Å²) in [5, 5.41) is 2.86. The Bertz CT molecular complexity index is 736. The van der Waals surface area contributed by atoms with Gasteiger partial charge in [0.15, 0.2) is 6.61 Å². The molecule has 1 atom stereocenters. The van der Waals surface area contributed by atoms with Gasteiger partial charge >= 0.3 is 0 Å². The summed E-state index contributed by atoms with van der Waals surface area (Å²) >= 11 is 0. The molecule has 1 N–H and O–H groups in total. The second-order valence-corrected chi connectivity index (χ2v) is 7.00. The van der Waals surface area contributed by atoms with Gasteiger partial charge in [-0.3, -0.25) is 4.79 Å². The molecule has 0 saturated carbocycles. The highest BCUT2D eigenvalue weighted by Crippen LogP contribution is 2.25. The number of carbonyl (C=O) groups is 1. The molecule has 0 aromatic heterocycles. The van der Waals surface area contributed by atoms with Gasteiger partial charge in [-0.15, -0.1) is 0 Å². The predicted molar refractivity (Wildman–Crippen MR) is 106 cm³/mol. The van der Waals surface area contributed by atoms with Crippen molar-refractivity contribution in [1.29, 1.82) is 0 Å². The zero-order chi connectivity index (χ0) is 19.1. The van der Waals surface area contributed by atoms with Gasteiger partial charge in [-0.05, 0) is 48.6 Å². The van der Waals surface area contributed by atoms with E-state index in [9.17, 15) is 4.79 Å². The molecule has 1 fully saturated rings. The van der Waals surface area contributed by atoms with E-state index in [1.807, 2.05) is 48.5 Å². The summed E-state index contributed by atoms with van der Waals surface area (Å²) in [6, 6.07) is 15.2. The van der Waals surface area contributed by atoms with E-state index < -0.39 is 0 Å². The molecule has 0 aliphatic carbocycles. The number of hydrogen-bond donors (Lipinski definition) is 1. The number of benzene rings is 2. The summed E-state index contributed by atoms with van der Waals surface area (Å²) in [7, 11) is 0. The molecule has 0 radical (unpaired) electrons. The number of nitrogens with one attached hydrogen (secondary N) is 1. The highest BCUT2D eigenvalue weighted by Gasteiger charge is 2.17. The number of anilines is 1. The van der Waals surface area contributed by atoms with Crippen LogP contribution in [0.3, 0.4) is 0 Å². The average molecular weight is 369 g/mol. The maximum atomic E-state index is 12.3. The average Bonchev–Trinajstić information content (AvgIpc) is 3.19. The summed E-state index contributed by atoms with van der Waals surface area (Å²) in [5.41, 5.74) is 1.88. The van der Waals surface area contributed by atoms with Gasteiger partial charge < -0.3 is 19.5 Å². The van der Waals surface area contributed by atoms with Gasteiger partial charge in [0.2, 0.25) is 0 Å². The van der Waals surface area contributed by atoms with Crippen molar-refractivity contribution in [3.8, 4) is 11.5 Å². The summed E-state index contributed by atoms with van der Waals surface area (Å²) in [6.45, 7) is 5.51. The lowest BCUT2D eigenvalue weighted by Crippen LogP contribution is -2.21. The van der Waals surface area contributed by atoms with Crippen molar-refractivity contribution in [3.63, 3.8) is 0 Å². The number of rotatable bonds is 8. The van der Waals surface area contributed by atoms with E-state index in [1.54, 1.807) is 0 Å². The van der Waals surface area contributed by atoms with Crippen LogP contribution in [-0.4, -0.2) is 31.8 Å². The van der Waals surface area contributed by atoms with Crippen LogP contribution in [0.15, 0.2) is 48.5 Å². The lowest BCUT2D eigenvalue weighted by Gasteiger charge is -2.15. The molecule has 2 aromatic carbocycles. The quantitative estimate of drug-likeness (QED) is 0.750. The third-order valence-corrected chi connectivity index (χ3v) is 4.53. The van der Waals surface area contributed by atoms with Crippen molar-refractivity contribution in [1.82, 2.24) is 0 Å². The first-order valence-electron chi connectivity index (χ1n) is 9.48. The first-order chi connectivity index (χ1) is 13.1. The molecule has 1 heterocycles. The molecule has 5 heteroatoms. The molecule has 3 rings (SSSR count). The van der Waals surface area contributed by atoms with Crippen LogP contribution in [-0.2, 0) is 9.53 Å². The molecule has 1 aliphatic rings. The molecule has 5 nitrogen and oxygen atoms in total. The van der Waals surface area contributed by atoms with Crippen LogP contribution in [0.1, 0.15) is 38.2 Å². The Morgan fingerprint density at radius 2 is 1.93 bits per heavy atom. The molecule has 0 bridgehead atoms. The molecule has 0 unspecified atom stereocenters. The smallest absolute Gasteiger partial charge is 0.262 e. The van der Waals surface area contributed by atoms with E-state index >= 15 is 0 Å². The third-order valence-electron chi connectivity index (χ3n) is 4.53. The van der Waals surface area contributed by atoms with Gasteiger partial charge in [0, 0.05) is 6.61 Å². The van der Waals surface area contributed by atoms with Crippen LogP contribution in [0.5, 0.6) is 11.5 Å². The number of amides is 1. The molecule has 1 amide bonds. The number of carbonyl (C=O) groups excluding carboxylic acids is 1. The fourth-order valence-corrected chi connectivity index (χ4v) is 2.94. The fraction of sp³-hybridized carbons (Fsp3) is 0.409. The zero-order valence-corrected chi connectivity index (χ0v) is 15.9. The minimum absolute atomic E-state index is 0.0545. The summed E-state index contributed by atoms with van der Waals surface area (Å²) in [5.74, 6) is 1.56. The molecule has 2 aromatic rings. The number of ether oxygens (including phenoxy) is 3. The molecule has 1 saturated heterocycles. The summed E-state index contributed by atoms with van der Waals surface area (Å²) in [4.78, 5) is 12.3. The predicted octanol–water partition coefficient (Wildman–Crippen LogP) is 4.39. The van der Waals surface area contributed by atoms with Crippen molar-refractivity contribution >= 4 is 11.6 Å². The van der Waals surface area contributed by atoms with Crippen LogP contribution < -0.4 is 14.8 Å². The van der Waals surface area contributed by atoms with E-state index in [0.717, 1.165) is 19.4 Å². The monoisotopic (exact) mass is 369 g/mol. The Morgan fingerprint density at radius 1 is 1.15 bits per heavy atom. The van der Waals surface area contributed by atoms with E-state index in [4.69, 9.17) is 14.2 Å². The maximum Gasteiger partial charge on any atom is 0.262 e. The highest BCUT2D eigenvalue weighted by atomic mass is 16.5. The molecular formula is C22H27NO4. The third kappa shape index (κ3) is 5.73. The molecular weight excluding hydrogens is 342 g/mol. The van der Waals surface area contributed by atoms with Crippen LogP contribution in [0, 0.1) is 0 Å². The summed E-state index contributed by atoms with van der Waals surface area (Å²) in [6.07, 6.45) is 2.21. The van der Waals surface area contributed by atoms with E-state index in [1.165, 1.54) is 5.56 Å². The van der Waals surface area contributed by atoms with Gasteiger partial charge in [0.1, 0.15) is 18.1 Å².